The van der Waals surface area contributed by atoms with Gasteiger partial charge in [0, 0.05) is 11.6 Å². The predicted octanol–water partition coefficient (Wildman–Crippen LogP) is 1.43. The summed E-state index contributed by atoms with van der Waals surface area (Å²) < 4.78 is 22.8. The Labute approximate surface area is 92.6 Å². The zero-order valence-corrected chi connectivity index (χ0v) is 9.07. The maximum atomic E-state index is 13.4. The van der Waals surface area contributed by atoms with Crippen LogP contribution in [-0.4, -0.2) is 24.8 Å². The first-order chi connectivity index (χ1) is 7.60. The molecule has 4 nitrogen and oxygen atoms in total. The minimum absolute atomic E-state index is 0.126. The number of ether oxygens (including phenoxy) is 2. The molecule has 0 spiro atoms. The number of carbonyl (C=O) groups excluding carboxylic acids is 1. The van der Waals surface area contributed by atoms with Crippen LogP contribution in [0.25, 0.3) is 0 Å². The molecule has 1 atom stereocenters. The van der Waals surface area contributed by atoms with E-state index in [0.29, 0.717) is 5.75 Å². The van der Waals surface area contributed by atoms with Crippen molar-refractivity contribution in [2.75, 3.05) is 13.7 Å². The fourth-order valence-corrected chi connectivity index (χ4v) is 1.20. The van der Waals surface area contributed by atoms with E-state index < -0.39 is 17.9 Å². The highest BCUT2D eigenvalue weighted by atomic mass is 19.1. The highest BCUT2D eigenvalue weighted by Gasteiger charge is 2.22. The predicted molar refractivity (Wildman–Crippen MR) is 54.5 cm³/mol. The molecule has 0 aliphatic rings. The van der Waals surface area contributed by atoms with Crippen molar-refractivity contribution in [1.82, 2.24) is 0 Å². The molecule has 0 saturated heterocycles. The van der Waals surface area contributed by atoms with Gasteiger partial charge in [-0.3, -0.25) is 0 Å². The van der Waals surface area contributed by atoms with Crippen molar-refractivity contribution >= 4 is 5.97 Å². The first-order valence-electron chi connectivity index (χ1n) is 4.78. The van der Waals surface area contributed by atoms with Crippen molar-refractivity contribution < 1.29 is 23.8 Å². The maximum Gasteiger partial charge on any atom is 0.339 e. The second kappa shape index (κ2) is 5.46. The minimum Gasteiger partial charge on any atom is -0.497 e. The molecule has 0 radical (unpaired) electrons. The van der Waals surface area contributed by atoms with E-state index in [-0.39, 0.29) is 12.2 Å². The van der Waals surface area contributed by atoms with E-state index in [1.165, 1.54) is 19.2 Å². The number of halogens is 1. The van der Waals surface area contributed by atoms with Crippen LogP contribution in [0.15, 0.2) is 18.2 Å². The summed E-state index contributed by atoms with van der Waals surface area (Å²) in [6, 6.07) is 3.84. The Morgan fingerprint density at radius 3 is 2.75 bits per heavy atom. The minimum atomic E-state index is -1.61. The number of hydrogen-bond donors (Lipinski definition) is 1. The van der Waals surface area contributed by atoms with Crippen LogP contribution in [0, 0.1) is 5.82 Å². The number of hydrogen-bond acceptors (Lipinski definition) is 4. The number of esters is 1. The Kier molecular flexibility index (Phi) is 4.25. The number of rotatable bonds is 4. The van der Waals surface area contributed by atoms with Gasteiger partial charge in [0.25, 0.3) is 0 Å². The lowest BCUT2D eigenvalue weighted by atomic mass is 10.1. The molecule has 0 aliphatic carbocycles. The third kappa shape index (κ3) is 2.70. The Hall–Kier alpha value is -1.62. The zero-order valence-electron chi connectivity index (χ0n) is 9.07. The summed E-state index contributed by atoms with van der Waals surface area (Å²) in [5, 5.41) is 9.51. The van der Waals surface area contributed by atoms with Gasteiger partial charge in [0.05, 0.1) is 13.7 Å². The van der Waals surface area contributed by atoms with Crippen LogP contribution in [0.4, 0.5) is 4.39 Å². The van der Waals surface area contributed by atoms with E-state index in [1.54, 1.807) is 6.92 Å². The standard InChI is InChI=1S/C11H13FO4/c1-3-16-11(14)10(13)8-5-4-7(15-2)6-9(8)12/h4-6,10,13H,3H2,1-2H3/t10-/m1/s1. The lowest BCUT2D eigenvalue weighted by molar-refractivity contribution is -0.153. The van der Waals surface area contributed by atoms with Gasteiger partial charge < -0.3 is 14.6 Å². The van der Waals surface area contributed by atoms with Crippen molar-refractivity contribution in [1.29, 1.82) is 0 Å². The maximum absolute atomic E-state index is 13.4. The molecule has 0 amide bonds. The molecule has 0 aliphatic heterocycles. The Bertz CT molecular complexity index is 378. The van der Waals surface area contributed by atoms with E-state index in [4.69, 9.17) is 4.74 Å². The molecule has 1 rings (SSSR count). The summed E-state index contributed by atoms with van der Waals surface area (Å²) >= 11 is 0. The zero-order chi connectivity index (χ0) is 12.1. The summed E-state index contributed by atoms with van der Waals surface area (Å²) in [6.45, 7) is 1.74. The van der Waals surface area contributed by atoms with Crippen LogP contribution in [0.3, 0.4) is 0 Å². The average Bonchev–Trinajstić information content (AvgIpc) is 2.28. The second-order valence-electron chi connectivity index (χ2n) is 3.04. The molecule has 5 heteroatoms. The van der Waals surface area contributed by atoms with Gasteiger partial charge in [-0.15, -0.1) is 0 Å². The van der Waals surface area contributed by atoms with Gasteiger partial charge in [0.1, 0.15) is 11.6 Å². The number of aliphatic hydroxyl groups excluding tert-OH is 1. The van der Waals surface area contributed by atoms with Gasteiger partial charge in [-0.05, 0) is 19.1 Å². The average molecular weight is 228 g/mol. The SMILES string of the molecule is CCOC(=O)[C@H](O)c1ccc(OC)cc1F. The Morgan fingerprint density at radius 2 is 2.25 bits per heavy atom. The van der Waals surface area contributed by atoms with Crippen molar-refractivity contribution in [2.45, 2.75) is 13.0 Å². The van der Waals surface area contributed by atoms with E-state index >= 15 is 0 Å². The molecule has 1 aromatic rings. The third-order valence-corrected chi connectivity index (χ3v) is 2.01. The van der Waals surface area contributed by atoms with Gasteiger partial charge in [-0.2, -0.15) is 0 Å². The van der Waals surface area contributed by atoms with Gasteiger partial charge in [0.15, 0.2) is 6.10 Å². The molecule has 0 aromatic heterocycles. The van der Waals surface area contributed by atoms with E-state index in [2.05, 4.69) is 4.74 Å². The van der Waals surface area contributed by atoms with Gasteiger partial charge in [-0.25, -0.2) is 9.18 Å². The molecule has 1 N–H and O–H groups in total. The van der Waals surface area contributed by atoms with Crippen LogP contribution in [0.2, 0.25) is 0 Å². The molecular formula is C11H13FO4. The summed E-state index contributed by atoms with van der Waals surface area (Å²) in [5.41, 5.74) is -0.126. The molecule has 88 valence electrons. The normalized spacial score (nSPS) is 12.0. The van der Waals surface area contributed by atoms with E-state index in [1.807, 2.05) is 0 Å². The highest BCUT2D eigenvalue weighted by Crippen LogP contribution is 2.22. The molecule has 0 fully saturated rings. The molecule has 1 aromatic carbocycles. The van der Waals surface area contributed by atoms with E-state index in [9.17, 15) is 14.3 Å². The van der Waals surface area contributed by atoms with Crippen molar-refractivity contribution in [3.05, 3.63) is 29.6 Å². The molecular weight excluding hydrogens is 215 g/mol. The third-order valence-electron chi connectivity index (χ3n) is 2.01. The highest BCUT2D eigenvalue weighted by molar-refractivity contribution is 5.76. The number of methoxy groups -OCH3 is 1. The molecule has 0 heterocycles. The topological polar surface area (TPSA) is 55.8 Å². The van der Waals surface area contributed by atoms with Gasteiger partial charge in [0.2, 0.25) is 0 Å². The van der Waals surface area contributed by atoms with Crippen molar-refractivity contribution in [2.24, 2.45) is 0 Å². The van der Waals surface area contributed by atoms with Crippen LogP contribution in [0.1, 0.15) is 18.6 Å². The largest absolute Gasteiger partial charge is 0.497 e. The molecule has 0 saturated carbocycles. The van der Waals surface area contributed by atoms with Crippen molar-refractivity contribution in [3.8, 4) is 5.75 Å². The lowest BCUT2D eigenvalue weighted by Gasteiger charge is -2.11. The molecule has 0 unspecified atom stereocenters. The fourth-order valence-electron chi connectivity index (χ4n) is 1.20. The first kappa shape index (κ1) is 12.4. The number of benzene rings is 1. The number of aliphatic hydroxyl groups is 1. The van der Waals surface area contributed by atoms with E-state index in [0.717, 1.165) is 6.07 Å². The van der Waals surface area contributed by atoms with Crippen LogP contribution >= 0.6 is 0 Å². The summed E-state index contributed by atoms with van der Waals surface area (Å²) in [7, 11) is 1.40. The monoisotopic (exact) mass is 228 g/mol. The fraction of sp³-hybridized carbons (Fsp3) is 0.364. The lowest BCUT2D eigenvalue weighted by Crippen LogP contribution is -2.16. The Balaban J connectivity index is 2.91. The molecule has 16 heavy (non-hydrogen) atoms. The van der Waals surface area contributed by atoms with Crippen molar-refractivity contribution in [3.63, 3.8) is 0 Å². The smallest absolute Gasteiger partial charge is 0.339 e. The molecule has 0 bridgehead atoms. The quantitative estimate of drug-likeness (QED) is 0.792. The summed E-state index contributed by atoms with van der Waals surface area (Å²) in [4.78, 5) is 11.2. The second-order valence-corrected chi connectivity index (χ2v) is 3.04. The van der Waals surface area contributed by atoms with Gasteiger partial charge in [-0.1, -0.05) is 0 Å². The summed E-state index contributed by atoms with van der Waals surface area (Å²) in [6.07, 6.45) is -1.61. The van der Waals surface area contributed by atoms with Crippen LogP contribution < -0.4 is 4.74 Å². The summed E-state index contributed by atoms with van der Waals surface area (Å²) in [5.74, 6) is -1.26. The van der Waals surface area contributed by atoms with Crippen LogP contribution in [0.5, 0.6) is 5.75 Å². The van der Waals surface area contributed by atoms with Crippen LogP contribution in [-0.2, 0) is 9.53 Å². The Morgan fingerprint density at radius 1 is 1.56 bits per heavy atom. The number of carbonyl (C=O) groups is 1. The van der Waals surface area contributed by atoms with Gasteiger partial charge >= 0.3 is 5.97 Å². The first-order valence-corrected chi connectivity index (χ1v) is 4.78.